The molecule has 0 saturated heterocycles. The van der Waals surface area contributed by atoms with Gasteiger partial charge < -0.3 is 4.57 Å². The maximum Gasteiger partial charge on any atom is 0.131 e. The molecule has 0 aliphatic heterocycles. The van der Waals surface area contributed by atoms with Gasteiger partial charge in [-0.05, 0) is 39.0 Å². The Morgan fingerprint density at radius 2 is 2.00 bits per heavy atom. The molecule has 1 aromatic rings. The van der Waals surface area contributed by atoms with Crippen LogP contribution in [-0.4, -0.2) is 16.9 Å². The van der Waals surface area contributed by atoms with Gasteiger partial charge in [0.2, 0.25) is 0 Å². The number of rotatable bonds is 2. The highest BCUT2D eigenvalue weighted by molar-refractivity contribution is 5.95. The van der Waals surface area contributed by atoms with Crippen LogP contribution in [-0.2, 0) is 0 Å². The minimum Gasteiger partial charge on any atom is -0.304 e. The van der Waals surface area contributed by atoms with Gasteiger partial charge in [-0.3, -0.25) is 4.99 Å². The van der Waals surface area contributed by atoms with E-state index in [2.05, 4.69) is 42.1 Å². The van der Waals surface area contributed by atoms with Crippen LogP contribution in [0, 0.1) is 13.8 Å². The Morgan fingerprint density at radius 1 is 1.46 bits per heavy atom. The molecule has 13 heavy (non-hydrogen) atoms. The smallest absolute Gasteiger partial charge is 0.131 e. The highest BCUT2D eigenvalue weighted by Crippen LogP contribution is 2.07. The van der Waals surface area contributed by atoms with Gasteiger partial charge in [0.05, 0.1) is 0 Å². The van der Waals surface area contributed by atoms with E-state index in [0.717, 1.165) is 12.4 Å². The fraction of sp³-hybridized carbons (Fsp3) is 0.364. The summed E-state index contributed by atoms with van der Waals surface area (Å²) in [5.41, 5.74) is 2.40. The molecule has 0 aliphatic carbocycles. The van der Waals surface area contributed by atoms with Crippen LogP contribution in [0.25, 0.3) is 0 Å². The van der Waals surface area contributed by atoms with Crippen LogP contribution in [0.2, 0.25) is 0 Å². The second-order valence-corrected chi connectivity index (χ2v) is 2.99. The Hall–Kier alpha value is -1.31. The molecule has 0 amide bonds. The normalized spacial score (nSPS) is 11.8. The summed E-state index contributed by atoms with van der Waals surface area (Å²) in [6, 6.07) is 4.17. The van der Waals surface area contributed by atoms with E-state index in [1.165, 1.54) is 11.4 Å². The third kappa shape index (κ3) is 1.89. The molecule has 0 aromatic carbocycles. The molecule has 0 spiro atoms. The van der Waals surface area contributed by atoms with Crippen LogP contribution in [0.1, 0.15) is 18.3 Å². The minimum absolute atomic E-state index is 0.790. The molecule has 0 aliphatic rings. The summed E-state index contributed by atoms with van der Waals surface area (Å²) in [4.78, 5) is 4.37. The predicted octanol–water partition coefficient (Wildman–Crippen LogP) is 2.56. The Kier molecular flexibility index (Phi) is 3.07. The lowest BCUT2D eigenvalue weighted by Crippen LogP contribution is -2.12. The molecule has 1 heterocycles. The molecule has 0 atom stereocenters. The number of hydrogen-bond acceptors (Lipinski definition) is 1. The molecule has 1 rings (SSSR count). The first-order valence-corrected chi connectivity index (χ1v) is 4.53. The fourth-order valence-corrected chi connectivity index (χ4v) is 1.42. The Bertz CT molecular complexity index is 312. The largest absolute Gasteiger partial charge is 0.304 e. The Balaban J connectivity index is 3.18. The first-order valence-electron chi connectivity index (χ1n) is 4.53. The molecule has 1 aromatic heterocycles. The molecule has 0 unspecified atom stereocenters. The van der Waals surface area contributed by atoms with E-state index >= 15 is 0 Å². The van der Waals surface area contributed by atoms with E-state index in [-0.39, 0.29) is 0 Å². The molecule has 0 fully saturated rings. The molecule has 70 valence electrons. The van der Waals surface area contributed by atoms with Gasteiger partial charge in [0.25, 0.3) is 0 Å². The maximum atomic E-state index is 4.37. The Morgan fingerprint density at radius 3 is 2.38 bits per heavy atom. The van der Waals surface area contributed by atoms with Crippen LogP contribution >= 0.6 is 0 Å². The van der Waals surface area contributed by atoms with Gasteiger partial charge in [0.1, 0.15) is 5.84 Å². The number of aryl methyl sites for hydroxylation is 2. The molecule has 2 nitrogen and oxygen atoms in total. The third-order valence-electron chi connectivity index (χ3n) is 2.00. The summed E-state index contributed by atoms with van der Waals surface area (Å²) in [5, 5.41) is 0. The molecule has 0 N–H and O–H groups in total. The second-order valence-electron chi connectivity index (χ2n) is 2.99. The zero-order chi connectivity index (χ0) is 9.84. The average Bonchev–Trinajstić information content (AvgIpc) is 2.43. The van der Waals surface area contributed by atoms with E-state index < -0.39 is 0 Å². The quantitative estimate of drug-likeness (QED) is 0.487. The van der Waals surface area contributed by atoms with Gasteiger partial charge in [-0.25, -0.2) is 0 Å². The third-order valence-corrected chi connectivity index (χ3v) is 2.00. The molecule has 0 saturated carbocycles. The van der Waals surface area contributed by atoms with Gasteiger partial charge in [-0.15, -0.1) is 0 Å². The van der Waals surface area contributed by atoms with E-state index in [9.17, 15) is 0 Å². The number of allylic oxidation sites excluding steroid dienone is 1. The second kappa shape index (κ2) is 4.08. The van der Waals surface area contributed by atoms with Crippen molar-refractivity contribution in [2.75, 3.05) is 6.54 Å². The maximum absolute atomic E-state index is 4.37. The van der Waals surface area contributed by atoms with Crippen molar-refractivity contribution >= 4 is 5.84 Å². The summed E-state index contributed by atoms with van der Waals surface area (Å²) < 4.78 is 2.11. The van der Waals surface area contributed by atoms with Crippen LogP contribution in [0.5, 0.6) is 0 Å². The summed E-state index contributed by atoms with van der Waals surface area (Å²) in [7, 11) is 0. The van der Waals surface area contributed by atoms with Crippen LogP contribution < -0.4 is 0 Å². The minimum atomic E-state index is 0.790. The molecule has 0 radical (unpaired) electrons. The fourth-order valence-electron chi connectivity index (χ4n) is 1.42. The average molecular weight is 176 g/mol. The van der Waals surface area contributed by atoms with Gasteiger partial charge in [-0.1, -0.05) is 6.58 Å². The number of aliphatic imine (C=N–C) groups is 1. The highest BCUT2D eigenvalue weighted by Gasteiger charge is 2.03. The van der Waals surface area contributed by atoms with E-state index in [4.69, 9.17) is 0 Å². The van der Waals surface area contributed by atoms with Crippen LogP contribution in [0.4, 0.5) is 0 Å². The van der Waals surface area contributed by atoms with Crippen molar-refractivity contribution in [2.45, 2.75) is 20.8 Å². The van der Waals surface area contributed by atoms with E-state index in [0.29, 0.717) is 0 Å². The molecular formula is C11H16N2. The monoisotopic (exact) mass is 176 g/mol. The molecule has 2 heteroatoms. The van der Waals surface area contributed by atoms with Gasteiger partial charge in [0, 0.05) is 17.9 Å². The lowest BCUT2D eigenvalue weighted by Gasteiger charge is -2.08. The van der Waals surface area contributed by atoms with Crippen molar-refractivity contribution in [1.82, 2.24) is 4.57 Å². The lowest BCUT2D eigenvalue weighted by atomic mass is 10.4. The summed E-state index contributed by atoms with van der Waals surface area (Å²) in [6.45, 7) is 10.7. The van der Waals surface area contributed by atoms with Crippen molar-refractivity contribution in [3.63, 3.8) is 0 Å². The van der Waals surface area contributed by atoms with Crippen molar-refractivity contribution in [3.05, 3.63) is 36.2 Å². The van der Waals surface area contributed by atoms with Gasteiger partial charge in [0.15, 0.2) is 0 Å². The van der Waals surface area contributed by atoms with Crippen molar-refractivity contribution in [1.29, 1.82) is 0 Å². The first kappa shape index (κ1) is 9.78. The number of aromatic nitrogens is 1. The van der Waals surface area contributed by atoms with Crippen molar-refractivity contribution in [2.24, 2.45) is 4.99 Å². The Labute approximate surface area is 79.6 Å². The zero-order valence-corrected chi connectivity index (χ0v) is 8.54. The van der Waals surface area contributed by atoms with Crippen LogP contribution in [0.15, 0.2) is 29.8 Å². The SMILES string of the molecule is C=C/C(=N\CC)n1c(C)ccc1C. The van der Waals surface area contributed by atoms with Crippen molar-refractivity contribution < 1.29 is 0 Å². The van der Waals surface area contributed by atoms with Gasteiger partial charge >= 0.3 is 0 Å². The summed E-state index contributed by atoms with van der Waals surface area (Å²) in [6.07, 6.45) is 1.80. The van der Waals surface area contributed by atoms with Crippen LogP contribution in [0.3, 0.4) is 0 Å². The first-order chi connectivity index (χ1) is 6.20. The highest BCUT2D eigenvalue weighted by atomic mass is 15.1. The van der Waals surface area contributed by atoms with Crippen molar-refractivity contribution in [3.8, 4) is 0 Å². The van der Waals surface area contributed by atoms with E-state index in [1.54, 1.807) is 6.08 Å². The zero-order valence-electron chi connectivity index (χ0n) is 8.54. The number of nitrogens with zero attached hydrogens (tertiary/aromatic N) is 2. The molecular weight excluding hydrogens is 160 g/mol. The molecule has 0 bridgehead atoms. The summed E-state index contributed by atoms with van der Waals surface area (Å²) >= 11 is 0. The predicted molar refractivity (Wildman–Crippen MR) is 57.5 cm³/mol. The number of hydrogen-bond donors (Lipinski definition) is 0. The standard InChI is InChI=1S/C11H16N2/c1-5-11(12-6-2)13-9(3)7-8-10(13)4/h5,7-8H,1,6H2,2-4H3/b12-11+. The van der Waals surface area contributed by atoms with E-state index in [1.807, 2.05) is 6.92 Å². The van der Waals surface area contributed by atoms with Gasteiger partial charge in [-0.2, -0.15) is 0 Å². The lowest BCUT2D eigenvalue weighted by molar-refractivity contribution is 0.998. The topological polar surface area (TPSA) is 17.3 Å². The summed E-state index contributed by atoms with van der Waals surface area (Å²) in [5.74, 6) is 0.933.